The first-order valence-corrected chi connectivity index (χ1v) is 11.9. The molecule has 3 heterocycles. The second-order valence-electron chi connectivity index (χ2n) is 8.95. The summed E-state index contributed by atoms with van der Waals surface area (Å²) < 4.78 is 11.4. The number of rotatable bonds is 5. The lowest BCUT2D eigenvalue weighted by Crippen LogP contribution is -2.33. The predicted molar refractivity (Wildman–Crippen MR) is 131 cm³/mol. The van der Waals surface area contributed by atoms with Crippen LogP contribution in [0.4, 0.5) is 10.5 Å². The normalized spacial score (nSPS) is 16.8. The maximum Gasteiger partial charge on any atom is 0.414 e. The Morgan fingerprint density at radius 2 is 1.97 bits per heavy atom. The Morgan fingerprint density at radius 3 is 2.81 bits per heavy atom. The van der Waals surface area contributed by atoms with Gasteiger partial charge in [0, 0.05) is 29.3 Å². The second-order valence-corrected chi connectivity index (χ2v) is 8.95. The van der Waals surface area contributed by atoms with E-state index in [4.69, 9.17) is 9.15 Å². The number of nitrogens with one attached hydrogen (secondary N) is 2. The first-order chi connectivity index (χ1) is 17.6. The predicted octanol–water partition coefficient (Wildman–Crippen LogP) is 3.74. The number of H-pyrrole nitrogens is 1. The summed E-state index contributed by atoms with van der Waals surface area (Å²) in [6.07, 6.45) is 1.78. The van der Waals surface area contributed by atoms with Crippen molar-refractivity contribution in [1.82, 2.24) is 25.7 Å². The highest BCUT2D eigenvalue weighted by Crippen LogP contribution is 2.38. The van der Waals surface area contributed by atoms with E-state index in [1.807, 2.05) is 48.5 Å². The van der Waals surface area contributed by atoms with Crippen LogP contribution in [-0.2, 0) is 22.4 Å². The van der Waals surface area contributed by atoms with E-state index in [0.717, 1.165) is 52.9 Å². The van der Waals surface area contributed by atoms with Crippen LogP contribution in [0.3, 0.4) is 0 Å². The summed E-state index contributed by atoms with van der Waals surface area (Å²) in [5.41, 5.74) is 6.43. The second kappa shape index (κ2) is 8.95. The summed E-state index contributed by atoms with van der Waals surface area (Å²) in [5.74, 6) is 0.688. The van der Waals surface area contributed by atoms with E-state index < -0.39 is 6.09 Å². The van der Waals surface area contributed by atoms with Crippen LogP contribution in [0.5, 0.6) is 0 Å². The molecule has 1 atom stereocenters. The molecule has 2 aliphatic rings. The van der Waals surface area contributed by atoms with Crippen LogP contribution >= 0.6 is 0 Å². The molecule has 1 aliphatic carbocycles. The minimum Gasteiger partial charge on any atom is -0.442 e. The number of cyclic esters (lactones) is 1. The fourth-order valence-corrected chi connectivity index (χ4v) is 4.78. The number of hydrogen-bond donors (Lipinski definition) is 2. The number of aromatic nitrogens is 4. The third-order valence-corrected chi connectivity index (χ3v) is 6.51. The molecule has 0 saturated carbocycles. The van der Waals surface area contributed by atoms with Crippen LogP contribution in [-0.4, -0.2) is 51.6 Å². The van der Waals surface area contributed by atoms with E-state index in [0.29, 0.717) is 30.6 Å². The standard InChI is InChI=1S/C26H24N6O4/c1-15(33)27-13-19-14-32(26(34)35-19)18-10-11-20-17(12-18)8-5-9-21-22(20)28-29-23(21)25-31-30-24(36-25)16-6-3-2-4-7-16/h2-4,6-7,10-12,19H,5,8-9,13-14H2,1H3,(H,27,33)(H,28,29). The summed E-state index contributed by atoms with van der Waals surface area (Å²) in [6, 6.07) is 15.6. The highest BCUT2D eigenvalue weighted by molar-refractivity contribution is 5.91. The molecule has 0 spiro atoms. The third kappa shape index (κ3) is 4.00. The summed E-state index contributed by atoms with van der Waals surface area (Å²) >= 11 is 0. The number of benzene rings is 2. The lowest BCUT2D eigenvalue weighted by Gasteiger charge is -2.16. The van der Waals surface area contributed by atoms with Crippen molar-refractivity contribution in [2.24, 2.45) is 0 Å². The molecule has 2 aromatic carbocycles. The molecule has 1 unspecified atom stereocenters. The quantitative estimate of drug-likeness (QED) is 0.442. The van der Waals surface area contributed by atoms with Gasteiger partial charge in [0.1, 0.15) is 6.10 Å². The zero-order valence-corrected chi connectivity index (χ0v) is 19.7. The van der Waals surface area contributed by atoms with Gasteiger partial charge >= 0.3 is 6.09 Å². The topological polar surface area (TPSA) is 126 Å². The fraction of sp³-hybridized carbons (Fsp3) is 0.269. The maximum atomic E-state index is 12.5. The van der Waals surface area contributed by atoms with Crippen molar-refractivity contribution in [3.63, 3.8) is 0 Å². The van der Waals surface area contributed by atoms with Crippen LogP contribution in [0.1, 0.15) is 24.5 Å². The van der Waals surface area contributed by atoms with Gasteiger partial charge in [-0.3, -0.25) is 14.8 Å². The number of nitrogens with zero attached hydrogens (tertiary/aromatic N) is 4. The van der Waals surface area contributed by atoms with Gasteiger partial charge in [-0.2, -0.15) is 5.10 Å². The van der Waals surface area contributed by atoms with E-state index in [2.05, 4.69) is 25.7 Å². The van der Waals surface area contributed by atoms with Gasteiger partial charge in [0.2, 0.25) is 11.8 Å². The number of carbonyl (C=O) groups is 2. The molecule has 4 aromatic rings. The molecule has 10 nitrogen and oxygen atoms in total. The van der Waals surface area contributed by atoms with E-state index in [1.54, 1.807) is 4.90 Å². The first kappa shape index (κ1) is 22.0. The molecule has 2 N–H and O–H groups in total. The minimum absolute atomic E-state index is 0.152. The van der Waals surface area contributed by atoms with Crippen LogP contribution in [0.2, 0.25) is 0 Å². The van der Waals surface area contributed by atoms with Crippen molar-refractivity contribution < 1.29 is 18.7 Å². The molecule has 1 aliphatic heterocycles. The van der Waals surface area contributed by atoms with Crippen molar-refractivity contribution in [2.45, 2.75) is 32.3 Å². The summed E-state index contributed by atoms with van der Waals surface area (Å²) in [5, 5.41) is 18.9. The van der Waals surface area contributed by atoms with Crippen molar-refractivity contribution in [1.29, 1.82) is 0 Å². The Kier molecular flexibility index (Phi) is 5.48. The molecule has 1 fully saturated rings. The molecule has 2 aromatic heterocycles. The monoisotopic (exact) mass is 484 g/mol. The third-order valence-electron chi connectivity index (χ3n) is 6.51. The highest BCUT2D eigenvalue weighted by Gasteiger charge is 2.33. The SMILES string of the molecule is CC(=O)NCC1CN(c2ccc3c(c2)CCCc2c(-c4nnc(-c5ccccc5)o4)n[nH]c2-3)C(=O)O1. The van der Waals surface area contributed by atoms with Crippen LogP contribution in [0.15, 0.2) is 52.9 Å². The van der Waals surface area contributed by atoms with Crippen molar-refractivity contribution in [3.05, 3.63) is 59.7 Å². The Morgan fingerprint density at radius 1 is 1.14 bits per heavy atom. The number of aromatic amines is 1. The lowest BCUT2D eigenvalue weighted by molar-refractivity contribution is -0.119. The maximum absolute atomic E-state index is 12.5. The molecular weight excluding hydrogens is 460 g/mol. The van der Waals surface area contributed by atoms with Crippen molar-refractivity contribution in [3.8, 4) is 34.3 Å². The van der Waals surface area contributed by atoms with E-state index in [9.17, 15) is 9.59 Å². The van der Waals surface area contributed by atoms with Gasteiger partial charge in [0.25, 0.3) is 5.89 Å². The van der Waals surface area contributed by atoms with E-state index in [1.165, 1.54) is 6.92 Å². The molecule has 182 valence electrons. The van der Waals surface area contributed by atoms with Gasteiger partial charge < -0.3 is 14.5 Å². The number of amides is 2. The Balaban J connectivity index is 1.28. The largest absolute Gasteiger partial charge is 0.442 e. The zero-order valence-electron chi connectivity index (χ0n) is 19.7. The van der Waals surface area contributed by atoms with Crippen LogP contribution in [0, 0.1) is 0 Å². The Hall–Kier alpha value is -4.47. The number of fused-ring (bicyclic) bond motifs is 3. The highest BCUT2D eigenvalue weighted by atomic mass is 16.6. The van der Waals surface area contributed by atoms with Gasteiger partial charge in [-0.05, 0) is 49.1 Å². The van der Waals surface area contributed by atoms with Crippen LogP contribution in [0.25, 0.3) is 34.3 Å². The lowest BCUT2D eigenvalue weighted by atomic mass is 10.0. The van der Waals surface area contributed by atoms with Gasteiger partial charge in [-0.1, -0.05) is 24.3 Å². The average molecular weight is 485 g/mol. The average Bonchev–Trinajstić information content (AvgIpc) is 3.59. The Labute approximate surface area is 206 Å². The summed E-state index contributed by atoms with van der Waals surface area (Å²) in [4.78, 5) is 25.3. The van der Waals surface area contributed by atoms with E-state index in [-0.39, 0.29) is 12.0 Å². The first-order valence-electron chi connectivity index (χ1n) is 11.9. The Bertz CT molecular complexity index is 1440. The summed E-state index contributed by atoms with van der Waals surface area (Å²) in [6.45, 7) is 2.12. The number of anilines is 1. The molecule has 2 amide bonds. The zero-order chi connectivity index (χ0) is 24.6. The molecule has 36 heavy (non-hydrogen) atoms. The van der Waals surface area contributed by atoms with E-state index >= 15 is 0 Å². The minimum atomic E-state index is -0.408. The smallest absolute Gasteiger partial charge is 0.414 e. The van der Waals surface area contributed by atoms with Gasteiger partial charge in [-0.25, -0.2) is 4.79 Å². The van der Waals surface area contributed by atoms with Gasteiger partial charge in [0.05, 0.1) is 18.8 Å². The molecule has 0 bridgehead atoms. The van der Waals surface area contributed by atoms with Gasteiger partial charge in [0.15, 0.2) is 5.69 Å². The molecule has 1 saturated heterocycles. The number of hydrogen-bond acceptors (Lipinski definition) is 7. The molecule has 6 rings (SSSR count). The van der Waals surface area contributed by atoms with Crippen molar-refractivity contribution in [2.75, 3.05) is 18.0 Å². The number of aryl methyl sites for hydroxylation is 1. The summed E-state index contributed by atoms with van der Waals surface area (Å²) in [7, 11) is 0. The molecule has 10 heteroatoms. The van der Waals surface area contributed by atoms with Gasteiger partial charge in [-0.15, -0.1) is 10.2 Å². The molecule has 0 radical (unpaired) electrons. The molecular formula is C26H24N6O4. The van der Waals surface area contributed by atoms with Crippen LogP contribution < -0.4 is 10.2 Å². The number of ether oxygens (including phenoxy) is 1. The van der Waals surface area contributed by atoms with Crippen molar-refractivity contribution >= 4 is 17.7 Å². The number of carbonyl (C=O) groups excluding carboxylic acids is 2. The fourth-order valence-electron chi connectivity index (χ4n) is 4.78.